The molecule has 0 unspecified atom stereocenters. The van der Waals surface area contributed by atoms with Gasteiger partial charge in [-0.05, 0) is 30.3 Å². The molecule has 3 aromatic heterocycles. The van der Waals surface area contributed by atoms with E-state index in [0.717, 1.165) is 22.2 Å². The summed E-state index contributed by atoms with van der Waals surface area (Å²) in [5.41, 5.74) is 3.31. The number of halogens is 1. The topological polar surface area (TPSA) is 44.8 Å². The molecule has 4 aromatic rings. The Morgan fingerprint density at radius 1 is 1.04 bits per heavy atom. The van der Waals surface area contributed by atoms with E-state index in [9.17, 15) is 4.79 Å². The lowest BCUT2D eigenvalue weighted by molar-refractivity contribution is 0.768. The molecule has 0 saturated carbocycles. The van der Waals surface area contributed by atoms with E-state index in [2.05, 4.69) is 5.10 Å². The Morgan fingerprint density at radius 2 is 1.79 bits per heavy atom. The van der Waals surface area contributed by atoms with Crippen LogP contribution in [0.2, 0.25) is 5.02 Å². The van der Waals surface area contributed by atoms with Crippen molar-refractivity contribution in [2.45, 2.75) is 0 Å². The van der Waals surface area contributed by atoms with Crippen LogP contribution in [0.15, 0.2) is 59.9 Å². The maximum absolute atomic E-state index is 13.0. The van der Waals surface area contributed by atoms with Crippen LogP contribution in [0, 0.1) is 0 Å². The minimum atomic E-state index is -0.0625. The molecule has 0 radical (unpaired) electrons. The molecule has 5 nitrogen and oxygen atoms in total. The lowest BCUT2D eigenvalue weighted by Crippen LogP contribution is -2.20. The molecule has 24 heavy (non-hydrogen) atoms. The summed E-state index contributed by atoms with van der Waals surface area (Å²) in [6, 6.07) is 9.20. The lowest BCUT2D eigenvalue weighted by Gasteiger charge is -2.10. The normalized spacial score (nSPS) is 11.3. The monoisotopic (exact) mass is 338 g/mol. The van der Waals surface area contributed by atoms with Gasteiger partial charge in [-0.3, -0.25) is 14.0 Å². The molecular formula is C18H15ClN4O. The van der Waals surface area contributed by atoms with Gasteiger partial charge in [0.15, 0.2) is 0 Å². The van der Waals surface area contributed by atoms with Gasteiger partial charge < -0.3 is 4.57 Å². The largest absolute Gasteiger partial charge is 0.346 e. The Kier molecular flexibility index (Phi) is 3.32. The van der Waals surface area contributed by atoms with Gasteiger partial charge in [0, 0.05) is 59.9 Å². The molecule has 0 aliphatic rings. The summed E-state index contributed by atoms with van der Waals surface area (Å²) in [5, 5.41) is 5.80. The van der Waals surface area contributed by atoms with Crippen LogP contribution < -0.4 is 5.56 Å². The summed E-state index contributed by atoms with van der Waals surface area (Å²) < 4.78 is 5.26. The molecular weight excluding hydrogens is 324 g/mol. The van der Waals surface area contributed by atoms with Crippen LogP contribution in [0.5, 0.6) is 0 Å². The molecule has 120 valence electrons. The van der Waals surface area contributed by atoms with Crippen molar-refractivity contribution in [3.63, 3.8) is 0 Å². The third-order valence-corrected chi connectivity index (χ3v) is 4.42. The zero-order valence-electron chi connectivity index (χ0n) is 13.3. The van der Waals surface area contributed by atoms with Crippen LogP contribution in [0.25, 0.3) is 27.7 Å². The number of hydrogen-bond donors (Lipinski definition) is 0. The zero-order chi connectivity index (χ0) is 16.8. The second-order valence-corrected chi connectivity index (χ2v) is 6.22. The van der Waals surface area contributed by atoms with Crippen molar-refractivity contribution in [3.8, 4) is 16.8 Å². The summed E-state index contributed by atoms with van der Waals surface area (Å²) >= 11 is 5.97. The maximum Gasteiger partial charge on any atom is 0.279 e. The second-order valence-electron chi connectivity index (χ2n) is 5.79. The van der Waals surface area contributed by atoms with Crippen molar-refractivity contribution in [2.24, 2.45) is 14.1 Å². The summed E-state index contributed by atoms with van der Waals surface area (Å²) in [6.07, 6.45) is 7.51. The first-order valence-electron chi connectivity index (χ1n) is 7.50. The first kappa shape index (κ1) is 14.8. The Bertz CT molecular complexity index is 1100. The Hall–Kier alpha value is -2.79. The molecule has 1 aromatic carbocycles. The second kappa shape index (κ2) is 5.39. The molecule has 0 amide bonds. The highest BCUT2D eigenvalue weighted by Gasteiger charge is 2.15. The van der Waals surface area contributed by atoms with Gasteiger partial charge in [0.1, 0.15) is 5.52 Å². The summed E-state index contributed by atoms with van der Waals surface area (Å²) in [6.45, 7) is 0. The highest BCUT2D eigenvalue weighted by atomic mass is 35.5. The number of hydrogen-bond acceptors (Lipinski definition) is 2. The number of nitrogens with zero attached hydrogens (tertiary/aromatic N) is 4. The van der Waals surface area contributed by atoms with Crippen LogP contribution in [-0.2, 0) is 14.1 Å². The van der Waals surface area contributed by atoms with E-state index in [0.29, 0.717) is 10.5 Å². The predicted octanol–water partition coefficient (Wildman–Crippen LogP) is 3.38. The molecule has 0 fully saturated rings. The maximum atomic E-state index is 13.0. The van der Waals surface area contributed by atoms with Gasteiger partial charge >= 0.3 is 0 Å². The van der Waals surface area contributed by atoms with Crippen LogP contribution in [0.4, 0.5) is 0 Å². The average Bonchev–Trinajstić information content (AvgIpc) is 3.16. The van der Waals surface area contributed by atoms with Crippen molar-refractivity contribution in [1.82, 2.24) is 18.9 Å². The molecule has 0 bridgehead atoms. The van der Waals surface area contributed by atoms with Crippen LogP contribution in [0.3, 0.4) is 0 Å². The number of rotatable bonds is 2. The molecule has 6 heteroatoms. The van der Waals surface area contributed by atoms with E-state index in [1.165, 1.54) is 0 Å². The van der Waals surface area contributed by atoms with Crippen molar-refractivity contribution in [2.75, 3.05) is 0 Å². The van der Waals surface area contributed by atoms with Crippen molar-refractivity contribution in [3.05, 3.63) is 70.5 Å². The highest BCUT2D eigenvalue weighted by molar-refractivity contribution is 6.30. The summed E-state index contributed by atoms with van der Waals surface area (Å²) in [7, 11) is 3.75. The standard InChI is InChI=1S/C18H15ClN4O/c1-21-8-7-15-16(12-9-20-22(2)10-12)11-23(18(24)17(15)21)14-5-3-13(19)4-6-14/h3-11H,1-2H3. The first-order chi connectivity index (χ1) is 11.5. The van der Waals surface area contributed by atoms with Gasteiger partial charge in [0.2, 0.25) is 0 Å². The Labute approximate surface area is 143 Å². The number of aryl methyl sites for hydroxylation is 2. The fourth-order valence-corrected chi connectivity index (χ4v) is 3.09. The van der Waals surface area contributed by atoms with Gasteiger partial charge in [-0.15, -0.1) is 0 Å². The quantitative estimate of drug-likeness (QED) is 0.562. The lowest BCUT2D eigenvalue weighted by atomic mass is 10.1. The molecule has 0 spiro atoms. The van der Waals surface area contributed by atoms with E-state index >= 15 is 0 Å². The third kappa shape index (κ3) is 2.25. The number of aromatic nitrogens is 4. The van der Waals surface area contributed by atoms with E-state index < -0.39 is 0 Å². The van der Waals surface area contributed by atoms with Crippen molar-refractivity contribution in [1.29, 1.82) is 0 Å². The highest BCUT2D eigenvalue weighted by Crippen LogP contribution is 2.28. The molecule has 0 aliphatic carbocycles. The van der Waals surface area contributed by atoms with Gasteiger partial charge in [-0.1, -0.05) is 11.6 Å². The summed E-state index contributed by atoms with van der Waals surface area (Å²) in [4.78, 5) is 13.0. The van der Waals surface area contributed by atoms with Crippen LogP contribution in [0.1, 0.15) is 0 Å². The molecule has 4 rings (SSSR count). The van der Waals surface area contributed by atoms with Gasteiger partial charge in [-0.25, -0.2) is 0 Å². The average molecular weight is 339 g/mol. The summed E-state index contributed by atoms with van der Waals surface area (Å²) in [5.74, 6) is 0. The minimum Gasteiger partial charge on any atom is -0.346 e. The molecule has 3 heterocycles. The SMILES string of the molecule is Cn1cc(-c2cn(-c3ccc(Cl)cc3)c(=O)c3c2ccn3C)cn1. The fourth-order valence-electron chi connectivity index (χ4n) is 2.97. The van der Waals surface area contributed by atoms with E-state index in [1.807, 2.05) is 55.5 Å². The predicted molar refractivity (Wildman–Crippen MR) is 95.7 cm³/mol. The minimum absolute atomic E-state index is 0.0625. The first-order valence-corrected chi connectivity index (χ1v) is 7.88. The van der Waals surface area contributed by atoms with Crippen molar-refractivity contribution >= 4 is 22.5 Å². The Balaban J connectivity index is 2.08. The van der Waals surface area contributed by atoms with Gasteiger partial charge in [0.05, 0.1) is 6.20 Å². The molecule has 0 atom stereocenters. The molecule has 0 aliphatic heterocycles. The molecule has 0 N–H and O–H groups in total. The Morgan fingerprint density at radius 3 is 2.46 bits per heavy atom. The van der Waals surface area contributed by atoms with Gasteiger partial charge in [-0.2, -0.15) is 5.10 Å². The fraction of sp³-hybridized carbons (Fsp3) is 0.111. The van der Waals surface area contributed by atoms with Crippen LogP contribution >= 0.6 is 11.6 Å². The van der Waals surface area contributed by atoms with E-state index in [4.69, 9.17) is 11.6 Å². The molecule has 0 saturated heterocycles. The van der Waals surface area contributed by atoms with Crippen LogP contribution in [-0.4, -0.2) is 18.9 Å². The smallest absolute Gasteiger partial charge is 0.279 e. The van der Waals surface area contributed by atoms with Crippen molar-refractivity contribution < 1.29 is 0 Å². The number of fused-ring (bicyclic) bond motifs is 1. The van der Waals surface area contributed by atoms with E-state index in [-0.39, 0.29) is 5.56 Å². The number of benzene rings is 1. The zero-order valence-corrected chi connectivity index (χ0v) is 14.0. The number of pyridine rings is 1. The third-order valence-electron chi connectivity index (χ3n) is 4.16. The van der Waals surface area contributed by atoms with E-state index in [1.54, 1.807) is 27.6 Å². The van der Waals surface area contributed by atoms with Gasteiger partial charge in [0.25, 0.3) is 5.56 Å².